The number of nitrogen functional groups attached to an aromatic ring is 1. The van der Waals surface area contributed by atoms with E-state index in [1.807, 2.05) is 20.8 Å². The van der Waals surface area contributed by atoms with Gasteiger partial charge in [-0.1, -0.05) is 20.8 Å². The molecule has 0 bridgehead atoms. The van der Waals surface area contributed by atoms with E-state index < -0.39 is 11.6 Å². The molecular weight excluding hydrogens is 212 g/mol. The molecule has 0 aliphatic rings. The van der Waals surface area contributed by atoms with Gasteiger partial charge < -0.3 is 10.5 Å². The highest BCUT2D eigenvalue weighted by molar-refractivity contribution is 5.44. The normalized spacial score (nSPS) is 11.6. The Morgan fingerprint density at radius 1 is 1.19 bits per heavy atom. The van der Waals surface area contributed by atoms with Gasteiger partial charge in [-0.3, -0.25) is 0 Å². The van der Waals surface area contributed by atoms with Crippen LogP contribution in [0.4, 0.5) is 14.5 Å². The van der Waals surface area contributed by atoms with E-state index in [-0.39, 0.29) is 23.5 Å². The average Bonchev–Trinajstić information content (AvgIpc) is 2.07. The smallest absolute Gasteiger partial charge is 0.190 e. The second kappa shape index (κ2) is 4.68. The van der Waals surface area contributed by atoms with Crippen molar-refractivity contribution in [3.8, 4) is 5.75 Å². The number of nitrogens with two attached hydrogens (primary N) is 1. The van der Waals surface area contributed by atoms with Crippen LogP contribution in [0.5, 0.6) is 5.75 Å². The maximum absolute atomic E-state index is 13.3. The molecule has 4 heteroatoms. The Hall–Kier alpha value is -1.32. The number of halogens is 2. The van der Waals surface area contributed by atoms with Crippen molar-refractivity contribution in [1.29, 1.82) is 0 Å². The Kier molecular flexibility index (Phi) is 3.73. The fraction of sp³-hybridized carbons (Fsp3) is 0.500. The molecule has 0 radical (unpaired) electrons. The summed E-state index contributed by atoms with van der Waals surface area (Å²) >= 11 is 0. The minimum absolute atomic E-state index is 0.0539. The average molecular weight is 229 g/mol. The molecule has 0 spiro atoms. The molecule has 0 unspecified atom stereocenters. The molecule has 1 rings (SSSR count). The van der Waals surface area contributed by atoms with Gasteiger partial charge in [0.25, 0.3) is 0 Å². The van der Waals surface area contributed by atoms with Crippen molar-refractivity contribution in [2.24, 2.45) is 5.41 Å². The lowest BCUT2D eigenvalue weighted by atomic mass is 9.93. The fourth-order valence-electron chi connectivity index (χ4n) is 1.18. The van der Waals surface area contributed by atoms with Gasteiger partial charge in [0, 0.05) is 17.8 Å². The summed E-state index contributed by atoms with van der Waals surface area (Å²) in [5.74, 6) is -1.86. The van der Waals surface area contributed by atoms with Crippen LogP contribution in [-0.4, -0.2) is 6.61 Å². The molecule has 0 aromatic heterocycles. The summed E-state index contributed by atoms with van der Waals surface area (Å²) in [6.45, 7) is 6.38. The summed E-state index contributed by atoms with van der Waals surface area (Å²) in [5, 5.41) is 0. The van der Waals surface area contributed by atoms with Crippen LogP contribution >= 0.6 is 0 Å². The van der Waals surface area contributed by atoms with E-state index in [4.69, 9.17) is 10.5 Å². The van der Waals surface area contributed by atoms with E-state index in [0.717, 1.165) is 18.6 Å². The number of ether oxygens (including phenoxy) is 1. The lowest BCUT2D eigenvalue weighted by Crippen LogP contribution is -2.12. The largest absolute Gasteiger partial charge is 0.488 e. The molecule has 0 fully saturated rings. The van der Waals surface area contributed by atoms with Gasteiger partial charge in [0.05, 0.1) is 6.61 Å². The molecule has 0 heterocycles. The molecule has 2 nitrogen and oxygen atoms in total. The summed E-state index contributed by atoms with van der Waals surface area (Å²) < 4.78 is 31.7. The number of hydrogen-bond donors (Lipinski definition) is 1. The summed E-state index contributed by atoms with van der Waals surface area (Å²) in [5.41, 5.74) is 5.41. The van der Waals surface area contributed by atoms with Gasteiger partial charge in [0.1, 0.15) is 0 Å². The molecule has 90 valence electrons. The number of hydrogen-bond acceptors (Lipinski definition) is 2. The monoisotopic (exact) mass is 229 g/mol. The van der Waals surface area contributed by atoms with E-state index in [0.29, 0.717) is 0 Å². The van der Waals surface area contributed by atoms with E-state index in [9.17, 15) is 8.78 Å². The Morgan fingerprint density at radius 2 is 1.69 bits per heavy atom. The predicted octanol–water partition coefficient (Wildman–Crippen LogP) is 3.36. The molecule has 0 aliphatic carbocycles. The number of benzene rings is 1. The molecule has 0 atom stereocenters. The maximum Gasteiger partial charge on any atom is 0.190 e. The molecule has 1 aromatic rings. The zero-order valence-electron chi connectivity index (χ0n) is 9.81. The minimum atomic E-state index is -0.758. The highest BCUT2D eigenvalue weighted by atomic mass is 19.1. The highest BCUT2D eigenvalue weighted by Crippen LogP contribution is 2.26. The van der Waals surface area contributed by atoms with Gasteiger partial charge in [-0.2, -0.15) is 0 Å². The van der Waals surface area contributed by atoms with Crippen molar-refractivity contribution in [1.82, 2.24) is 0 Å². The third-order valence-electron chi connectivity index (χ3n) is 2.12. The first kappa shape index (κ1) is 12.7. The fourth-order valence-corrected chi connectivity index (χ4v) is 1.18. The van der Waals surface area contributed by atoms with Crippen molar-refractivity contribution in [3.63, 3.8) is 0 Å². The van der Waals surface area contributed by atoms with Gasteiger partial charge in [0.2, 0.25) is 0 Å². The van der Waals surface area contributed by atoms with Gasteiger partial charge in [-0.05, 0) is 11.8 Å². The van der Waals surface area contributed by atoms with Crippen LogP contribution in [0.2, 0.25) is 0 Å². The van der Waals surface area contributed by atoms with Gasteiger partial charge in [0.15, 0.2) is 17.4 Å². The predicted molar refractivity (Wildman–Crippen MR) is 60.3 cm³/mol. The summed E-state index contributed by atoms with van der Waals surface area (Å²) in [7, 11) is 0. The first-order chi connectivity index (χ1) is 7.29. The van der Waals surface area contributed by atoms with Crippen LogP contribution < -0.4 is 10.5 Å². The summed E-state index contributed by atoms with van der Waals surface area (Å²) in [4.78, 5) is 0. The van der Waals surface area contributed by atoms with Crippen molar-refractivity contribution < 1.29 is 13.5 Å². The Labute approximate surface area is 94.4 Å². The molecule has 0 amide bonds. The Morgan fingerprint density at radius 3 is 2.12 bits per heavy atom. The first-order valence-corrected chi connectivity index (χ1v) is 5.17. The second-order valence-electron chi connectivity index (χ2n) is 4.97. The van der Waals surface area contributed by atoms with Gasteiger partial charge in [-0.25, -0.2) is 8.78 Å². The number of anilines is 1. The van der Waals surface area contributed by atoms with E-state index in [1.54, 1.807) is 0 Å². The second-order valence-corrected chi connectivity index (χ2v) is 4.97. The Balaban J connectivity index is 2.68. The van der Waals surface area contributed by atoms with Crippen LogP contribution in [0, 0.1) is 17.0 Å². The van der Waals surface area contributed by atoms with Crippen LogP contribution in [0.3, 0.4) is 0 Å². The van der Waals surface area contributed by atoms with Crippen LogP contribution in [0.25, 0.3) is 0 Å². The standard InChI is InChI=1S/C12H17F2NO/c1-12(2,3)4-5-16-11-9(13)6-8(15)7-10(11)14/h6-7H,4-5,15H2,1-3H3. The molecule has 16 heavy (non-hydrogen) atoms. The summed E-state index contributed by atoms with van der Waals surface area (Å²) in [6.07, 6.45) is 0.719. The lowest BCUT2D eigenvalue weighted by Gasteiger charge is -2.18. The van der Waals surface area contributed by atoms with Gasteiger partial charge in [-0.15, -0.1) is 0 Å². The van der Waals surface area contributed by atoms with E-state index in [2.05, 4.69) is 0 Å². The third-order valence-corrected chi connectivity index (χ3v) is 2.12. The molecule has 0 saturated heterocycles. The Bertz CT molecular complexity index is 349. The quantitative estimate of drug-likeness (QED) is 0.806. The first-order valence-electron chi connectivity index (χ1n) is 5.17. The SMILES string of the molecule is CC(C)(C)CCOc1c(F)cc(N)cc1F. The topological polar surface area (TPSA) is 35.2 Å². The molecular formula is C12H17F2NO. The molecule has 0 saturated carbocycles. The third kappa shape index (κ3) is 3.68. The van der Waals surface area contributed by atoms with E-state index >= 15 is 0 Å². The van der Waals surface area contributed by atoms with Crippen molar-refractivity contribution in [2.75, 3.05) is 12.3 Å². The van der Waals surface area contributed by atoms with Crippen LogP contribution in [0.1, 0.15) is 27.2 Å². The number of rotatable bonds is 3. The van der Waals surface area contributed by atoms with Crippen LogP contribution in [-0.2, 0) is 0 Å². The maximum atomic E-state index is 13.3. The molecule has 2 N–H and O–H groups in total. The van der Waals surface area contributed by atoms with Gasteiger partial charge >= 0.3 is 0 Å². The molecule has 1 aromatic carbocycles. The zero-order chi connectivity index (χ0) is 12.3. The summed E-state index contributed by atoms with van der Waals surface area (Å²) in [6, 6.07) is 2.10. The van der Waals surface area contributed by atoms with Crippen molar-refractivity contribution in [2.45, 2.75) is 27.2 Å². The lowest BCUT2D eigenvalue weighted by molar-refractivity contribution is 0.227. The minimum Gasteiger partial charge on any atom is -0.488 e. The van der Waals surface area contributed by atoms with Crippen molar-refractivity contribution >= 4 is 5.69 Å². The highest BCUT2D eigenvalue weighted by Gasteiger charge is 2.14. The zero-order valence-corrected chi connectivity index (χ0v) is 9.81. The van der Waals surface area contributed by atoms with E-state index in [1.165, 1.54) is 0 Å². The van der Waals surface area contributed by atoms with Crippen molar-refractivity contribution in [3.05, 3.63) is 23.8 Å². The van der Waals surface area contributed by atoms with Crippen LogP contribution in [0.15, 0.2) is 12.1 Å². The molecule has 0 aliphatic heterocycles.